The molecule has 106 valence electrons. The van der Waals surface area contributed by atoms with Crippen molar-refractivity contribution < 1.29 is 0 Å². The second-order valence-corrected chi connectivity index (χ2v) is 5.87. The van der Waals surface area contributed by atoms with Gasteiger partial charge < -0.3 is 5.32 Å². The van der Waals surface area contributed by atoms with Gasteiger partial charge in [0.15, 0.2) is 0 Å². The van der Waals surface area contributed by atoms with E-state index in [0.29, 0.717) is 5.92 Å². The lowest BCUT2D eigenvalue weighted by Crippen LogP contribution is -2.15. The van der Waals surface area contributed by atoms with Crippen LogP contribution < -0.4 is 5.32 Å². The quantitative estimate of drug-likeness (QED) is 0.885. The summed E-state index contributed by atoms with van der Waals surface area (Å²) in [4.78, 5) is 9.60. The van der Waals surface area contributed by atoms with Gasteiger partial charge in [0.25, 0.3) is 0 Å². The van der Waals surface area contributed by atoms with E-state index in [2.05, 4.69) is 26.1 Å². The molecule has 1 saturated carbocycles. The number of nitrogens with one attached hydrogen (secondary N) is 1. The van der Waals surface area contributed by atoms with Gasteiger partial charge in [-0.05, 0) is 64.6 Å². The predicted octanol–water partition coefficient (Wildman–Crippen LogP) is 3.15. The summed E-state index contributed by atoms with van der Waals surface area (Å²) in [7, 11) is 1.99. The molecule has 2 rings (SSSR count). The smallest absolute Gasteiger partial charge is 0.131 e. The molecule has 0 spiro atoms. The maximum Gasteiger partial charge on any atom is 0.131 e. The Labute approximate surface area is 117 Å². The summed E-state index contributed by atoms with van der Waals surface area (Å²) in [6, 6.07) is 0. The van der Waals surface area contributed by atoms with Crippen molar-refractivity contribution in [1.29, 1.82) is 0 Å². The molecule has 0 amide bonds. The number of hydrogen-bond acceptors (Lipinski definition) is 3. The molecule has 1 aromatic rings. The summed E-state index contributed by atoms with van der Waals surface area (Å²) in [6.45, 7) is 7.56. The van der Waals surface area contributed by atoms with Crippen LogP contribution in [-0.2, 0) is 6.42 Å². The third-order valence-corrected chi connectivity index (χ3v) is 4.55. The molecule has 3 nitrogen and oxygen atoms in total. The van der Waals surface area contributed by atoms with Gasteiger partial charge in [-0.15, -0.1) is 0 Å². The van der Waals surface area contributed by atoms with E-state index >= 15 is 0 Å². The number of rotatable bonds is 5. The molecule has 0 bridgehead atoms. The molecule has 3 heteroatoms. The van der Waals surface area contributed by atoms with Gasteiger partial charge in [-0.25, -0.2) is 9.97 Å². The molecule has 1 aromatic heterocycles. The zero-order valence-electron chi connectivity index (χ0n) is 12.8. The van der Waals surface area contributed by atoms with Crippen LogP contribution in [0.1, 0.15) is 61.3 Å². The highest BCUT2D eigenvalue weighted by molar-refractivity contribution is 5.25. The van der Waals surface area contributed by atoms with Crippen molar-refractivity contribution in [2.75, 3.05) is 13.6 Å². The van der Waals surface area contributed by atoms with Crippen LogP contribution in [0.15, 0.2) is 0 Å². The summed E-state index contributed by atoms with van der Waals surface area (Å²) in [5, 5.41) is 3.20. The van der Waals surface area contributed by atoms with Crippen LogP contribution in [0.5, 0.6) is 0 Å². The van der Waals surface area contributed by atoms with E-state index in [-0.39, 0.29) is 0 Å². The molecule has 1 N–H and O–H groups in total. The second kappa shape index (κ2) is 6.47. The van der Waals surface area contributed by atoms with Gasteiger partial charge in [0.05, 0.1) is 0 Å². The highest BCUT2D eigenvalue weighted by Gasteiger charge is 2.27. The molecule has 19 heavy (non-hydrogen) atoms. The molecular weight excluding hydrogens is 234 g/mol. The summed E-state index contributed by atoms with van der Waals surface area (Å²) in [5.74, 6) is 2.58. The Hall–Kier alpha value is -0.960. The molecular formula is C16H27N3. The van der Waals surface area contributed by atoms with Crippen molar-refractivity contribution in [2.24, 2.45) is 5.92 Å². The Bertz CT molecular complexity index is 405. The van der Waals surface area contributed by atoms with Gasteiger partial charge in [0.2, 0.25) is 0 Å². The molecule has 2 unspecified atom stereocenters. The first-order valence-corrected chi connectivity index (χ1v) is 7.64. The van der Waals surface area contributed by atoms with Crippen molar-refractivity contribution in [2.45, 2.75) is 58.8 Å². The Morgan fingerprint density at radius 1 is 1.16 bits per heavy atom. The molecule has 0 aliphatic heterocycles. The number of aromatic nitrogens is 2. The summed E-state index contributed by atoms with van der Waals surface area (Å²) in [5.41, 5.74) is 3.68. The lowest BCUT2D eigenvalue weighted by atomic mass is 10.0. The Morgan fingerprint density at radius 3 is 2.37 bits per heavy atom. The average Bonchev–Trinajstić information content (AvgIpc) is 2.86. The lowest BCUT2D eigenvalue weighted by Gasteiger charge is -2.14. The van der Waals surface area contributed by atoms with Crippen LogP contribution in [0.25, 0.3) is 0 Å². The van der Waals surface area contributed by atoms with Crippen molar-refractivity contribution in [3.05, 3.63) is 22.8 Å². The molecule has 0 saturated heterocycles. The molecule has 1 aliphatic rings. The minimum absolute atomic E-state index is 0.598. The van der Waals surface area contributed by atoms with Crippen LogP contribution >= 0.6 is 0 Å². The fourth-order valence-electron chi connectivity index (χ4n) is 3.24. The first-order chi connectivity index (χ1) is 9.15. The highest BCUT2D eigenvalue weighted by Crippen LogP contribution is 2.38. The molecule has 2 atom stereocenters. The van der Waals surface area contributed by atoms with Crippen LogP contribution in [0, 0.1) is 19.8 Å². The van der Waals surface area contributed by atoms with E-state index in [4.69, 9.17) is 9.97 Å². The zero-order chi connectivity index (χ0) is 13.8. The predicted molar refractivity (Wildman–Crippen MR) is 79.5 cm³/mol. The van der Waals surface area contributed by atoms with Gasteiger partial charge in [-0.2, -0.15) is 0 Å². The van der Waals surface area contributed by atoms with E-state index in [1.807, 2.05) is 7.05 Å². The topological polar surface area (TPSA) is 37.8 Å². The van der Waals surface area contributed by atoms with Gasteiger partial charge in [-0.1, -0.05) is 13.3 Å². The largest absolute Gasteiger partial charge is 0.319 e. The van der Waals surface area contributed by atoms with Gasteiger partial charge in [0, 0.05) is 17.3 Å². The van der Waals surface area contributed by atoms with E-state index in [9.17, 15) is 0 Å². The normalized spacial score (nSPS) is 22.9. The maximum atomic E-state index is 4.80. The standard InChI is InChI=1S/C16H27N3/c1-5-13-6-7-14(10-13)16-18-11(2)15(8-9-17-4)12(3)19-16/h13-14,17H,5-10H2,1-4H3. The van der Waals surface area contributed by atoms with Gasteiger partial charge in [-0.3, -0.25) is 0 Å². The second-order valence-electron chi connectivity index (χ2n) is 5.87. The molecule has 0 radical (unpaired) electrons. The minimum atomic E-state index is 0.598. The fourth-order valence-corrected chi connectivity index (χ4v) is 3.24. The number of aryl methyl sites for hydroxylation is 2. The van der Waals surface area contributed by atoms with Crippen LogP contribution in [0.2, 0.25) is 0 Å². The number of likely N-dealkylation sites (N-methyl/N-ethyl adjacent to an activating group) is 1. The maximum absolute atomic E-state index is 4.80. The first-order valence-electron chi connectivity index (χ1n) is 7.64. The molecule has 1 heterocycles. The van der Waals surface area contributed by atoms with Crippen molar-refractivity contribution in [3.63, 3.8) is 0 Å². The van der Waals surface area contributed by atoms with Crippen molar-refractivity contribution >= 4 is 0 Å². The summed E-state index contributed by atoms with van der Waals surface area (Å²) >= 11 is 0. The highest BCUT2D eigenvalue weighted by atomic mass is 14.9. The fraction of sp³-hybridized carbons (Fsp3) is 0.750. The Morgan fingerprint density at radius 2 is 1.84 bits per heavy atom. The SMILES string of the molecule is CCC1CCC(c2nc(C)c(CCNC)c(C)n2)C1. The van der Waals surface area contributed by atoms with E-state index in [0.717, 1.165) is 24.7 Å². The summed E-state index contributed by atoms with van der Waals surface area (Å²) in [6.07, 6.45) is 6.23. The summed E-state index contributed by atoms with van der Waals surface area (Å²) < 4.78 is 0. The monoisotopic (exact) mass is 261 g/mol. The lowest BCUT2D eigenvalue weighted by molar-refractivity contribution is 0.516. The Balaban J connectivity index is 2.15. The van der Waals surface area contributed by atoms with E-state index < -0.39 is 0 Å². The molecule has 1 fully saturated rings. The van der Waals surface area contributed by atoms with Crippen LogP contribution in [0.4, 0.5) is 0 Å². The van der Waals surface area contributed by atoms with Crippen LogP contribution in [-0.4, -0.2) is 23.6 Å². The van der Waals surface area contributed by atoms with Gasteiger partial charge in [0.1, 0.15) is 5.82 Å². The number of nitrogens with zero attached hydrogens (tertiary/aromatic N) is 2. The van der Waals surface area contributed by atoms with Crippen molar-refractivity contribution in [1.82, 2.24) is 15.3 Å². The van der Waals surface area contributed by atoms with E-state index in [1.165, 1.54) is 42.6 Å². The number of hydrogen-bond donors (Lipinski definition) is 1. The average molecular weight is 261 g/mol. The zero-order valence-corrected chi connectivity index (χ0v) is 12.8. The molecule has 0 aromatic carbocycles. The third kappa shape index (κ3) is 3.33. The van der Waals surface area contributed by atoms with Gasteiger partial charge >= 0.3 is 0 Å². The minimum Gasteiger partial charge on any atom is -0.319 e. The van der Waals surface area contributed by atoms with Crippen LogP contribution in [0.3, 0.4) is 0 Å². The van der Waals surface area contributed by atoms with E-state index in [1.54, 1.807) is 0 Å². The third-order valence-electron chi connectivity index (χ3n) is 4.55. The molecule has 1 aliphatic carbocycles. The Kier molecular flexibility index (Phi) is 4.92. The first kappa shape index (κ1) is 14.4. The van der Waals surface area contributed by atoms with Crippen molar-refractivity contribution in [3.8, 4) is 0 Å².